The molecule has 0 aromatic heterocycles. The number of nitrogens with zero attached hydrogens (tertiary/aromatic N) is 2. The molecule has 8 heteroatoms. The van der Waals surface area contributed by atoms with Crippen LogP contribution in [0.15, 0.2) is 71.0 Å². The highest BCUT2D eigenvalue weighted by atomic mass is 35.5. The first-order valence-corrected chi connectivity index (χ1v) is 14.7. The third-order valence-electron chi connectivity index (χ3n) is 6.06. The number of likely N-dealkylation sites (N-methyl/N-ethyl adjacent to an activating group) is 1. The molecule has 0 saturated carbocycles. The van der Waals surface area contributed by atoms with Crippen molar-refractivity contribution in [3.63, 3.8) is 0 Å². The molecule has 0 spiro atoms. The van der Waals surface area contributed by atoms with E-state index in [2.05, 4.69) is 24.0 Å². The van der Waals surface area contributed by atoms with E-state index in [1.54, 1.807) is 14.2 Å². The van der Waals surface area contributed by atoms with E-state index < -0.39 is 15.3 Å². The highest BCUT2D eigenvalue weighted by Gasteiger charge is 2.31. The molecule has 1 aromatic rings. The smallest absolute Gasteiger partial charge is 0.238 e. The third kappa shape index (κ3) is 11.5. The van der Waals surface area contributed by atoms with Gasteiger partial charge < -0.3 is 9.47 Å². The number of sulfonamides is 1. The van der Waals surface area contributed by atoms with Gasteiger partial charge in [-0.25, -0.2) is 8.42 Å². The zero-order valence-corrected chi connectivity index (χ0v) is 25.1. The second-order valence-electron chi connectivity index (χ2n) is 8.97. The first-order chi connectivity index (χ1) is 17.6. The van der Waals surface area contributed by atoms with Crippen molar-refractivity contribution in [1.82, 2.24) is 4.90 Å². The predicted octanol–water partition coefficient (Wildman–Crippen LogP) is 6.66. The lowest BCUT2D eigenvalue weighted by molar-refractivity contribution is 0.208. The van der Waals surface area contributed by atoms with Crippen molar-refractivity contribution >= 4 is 27.3 Å². The Labute approximate surface area is 230 Å². The third-order valence-corrected chi connectivity index (χ3v) is 8.55. The van der Waals surface area contributed by atoms with Crippen LogP contribution in [-0.2, 0) is 26.0 Å². The summed E-state index contributed by atoms with van der Waals surface area (Å²) in [7, 11) is 1.55. The average molecular weight is 553 g/mol. The molecule has 1 atom stereocenters. The Morgan fingerprint density at radius 3 is 2.43 bits per heavy atom. The molecule has 1 rings (SSSR count). The Hall–Kier alpha value is -2.06. The Morgan fingerprint density at radius 1 is 1.14 bits per heavy atom. The number of allylic oxidation sites excluding steroid dienone is 7. The quantitative estimate of drug-likeness (QED) is 0.160. The molecule has 208 valence electrons. The highest BCUT2D eigenvalue weighted by Crippen LogP contribution is 2.28. The fourth-order valence-electron chi connectivity index (χ4n) is 3.76. The van der Waals surface area contributed by atoms with Gasteiger partial charge in [-0.2, -0.15) is 0 Å². The SMILES string of the molecule is CCC(C=CCN(C)Cc1ccccc1N(CCOC)S(=O)(=O)C(CC)CC=C(C)OC)=CC=C(C)Cl. The molecule has 0 N–H and O–H groups in total. The molecule has 0 aliphatic carbocycles. The topological polar surface area (TPSA) is 59.1 Å². The van der Waals surface area contributed by atoms with Gasteiger partial charge in [0.25, 0.3) is 0 Å². The van der Waals surface area contributed by atoms with E-state index >= 15 is 0 Å². The van der Waals surface area contributed by atoms with E-state index in [-0.39, 0.29) is 6.54 Å². The summed E-state index contributed by atoms with van der Waals surface area (Å²) < 4.78 is 39.7. The van der Waals surface area contributed by atoms with Gasteiger partial charge in [0.15, 0.2) is 0 Å². The lowest BCUT2D eigenvalue weighted by atomic mass is 10.1. The number of hydrogen-bond donors (Lipinski definition) is 0. The van der Waals surface area contributed by atoms with Crippen molar-refractivity contribution < 1.29 is 17.9 Å². The lowest BCUT2D eigenvalue weighted by Crippen LogP contribution is -2.41. The minimum Gasteiger partial charge on any atom is -0.502 e. The van der Waals surface area contributed by atoms with Gasteiger partial charge in [0, 0.05) is 25.2 Å². The second kappa shape index (κ2) is 17.4. The monoisotopic (exact) mass is 552 g/mol. The lowest BCUT2D eigenvalue weighted by Gasteiger charge is -2.31. The number of para-hydroxylation sites is 1. The van der Waals surface area contributed by atoms with Crippen LogP contribution < -0.4 is 4.31 Å². The summed E-state index contributed by atoms with van der Waals surface area (Å²) in [6.07, 6.45) is 11.8. The summed E-state index contributed by atoms with van der Waals surface area (Å²) in [6, 6.07) is 7.71. The molecular formula is C29H45ClN2O4S. The zero-order chi connectivity index (χ0) is 27.8. The number of rotatable bonds is 17. The molecule has 1 aromatic carbocycles. The molecule has 0 aliphatic heterocycles. The van der Waals surface area contributed by atoms with Gasteiger partial charge in [0.05, 0.1) is 37.0 Å². The number of anilines is 1. The molecule has 0 heterocycles. The highest BCUT2D eigenvalue weighted by molar-refractivity contribution is 7.93. The Bertz CT molecular complexity index is 1040. The maximum atomic E-state index is 13.9. The van der Waals surface area contributed by atoms with E-state index in [1.165, 1.54) is 9.88 Å². The average Bonchev–Trinajstić information content (AvgIpc) is 2.86. The summed E-state index contributed by atoms with van der Waals surface area (Å²) in [6.45, 7) is 9.58. The van der Waals surface area contributed by atoms with Crippen LogP contribution in [0.1, 0.15) is 52.5 Å². The van der Waals surface area contributed by atoms with Gasteiger partial charge in [-0.3, -0.25) is 9.21 Å². The summed E-state index contributed by atoms with van der Waals surface area (Å²) in [5, 5.41) is 0.185. The molecule has 0 aliphatic rings. The van der Waals surface area contributed by atoms with Crippen molar-refractivity contribution in [2.24, 2.45) is 0 Å². The number of ether oxygens (including phenoxy) is 2. The van der Waals surface area contributed by atoms with Gasteiger partial charge in [-0.1, -0.05) is 61.9 Å². The first kappa shape index (κ1) is 33.0. The van der Waals surface area contributed by atoms with Gasteiger partial charge in [-0.15, -0.1) is 0 Å². The van der Waals surface area contributed by atoms with Crippen molar-refractivity contribution in [3.05, 3.63) is 76.6 Å². The number of methoxy groups -OCH3 is 2. The Kier molecular flexibility index (Phi) is 15.5. The fourth-order valence-corrected chi connectivity index (χ4v) is 5.72. The van der Waals surface area contributed by atoms with Crippen LogP contribution in [-0.4, -0.2) is 59.5 Å². The van der Waals surface area contributed by atoms with Gasteiger partial charge in [0.2, 0.25) is 10.0 Å². The van der Waals surface area contributed by atoms with Gasteiger partial charge >= 0.3 is 0 Å². The van der Waals surface area contributed by atoms with Crippen LogP contribution in [0.5, 0.6) is 0 Å². The van der Waals surface area contributed by atoms with Crippen LogP contribution >= 0.6 is 11.6 Å². The molecular weight excluding hydrogens is 508 g/mol. The van der Waals surface area contributed by atoms with E-state index in [4.69, 9.17) is 21.1 Å². The van der Waals surface area contributed by atoms with Crippen LogP contribution in [0.25, 0.3) is 0 Å². The summed E-state index contributed by atoms with van der Waals surface area (Å²) in [5.41, 5.74) is 2.83. The van der Waals surface area contributed by atoms with Crippen molar-refractivity contribution in [1.29, 1.82) is 0 Å². The number of halogens is 1. The summed E-state index contributed by atoms with van der Waals surface area (Å²) >= 11 is 5.95. The van der Waals surface area contributed by atoms with E-state index in [9.17, 15) is 8.42 Å². The zero-order valence-electron chi connectivity index (χ0n) is 23.5. The largest absolute Gasteiger partial charge is 0.502 e. The summed E-state index contributed by atoms with van der Waals surface area (Å²) in [4.78, 5) is 2.16. The van der Waals surface area contributed by atoms with Gasteiger partial charge in [-0.05, 0) is 69.5 Å². The second-order valence-corrected chi connectivity index (χ2v) is 11.7. The van der Waals surface area contributed by atoms with Crippen LogP contribution in [0.4, 0.5) is 5.69 Å². The summed E-state index contributed by atoms with van der Waals surface area (Å²) in [5.74, 6) is 0.710. The first-order valence-electron chi connectivity index (χ1n) is 12.8. The van der Waals surface area contributed by atoms with Crippen LogP contribution in [0.2, 0.25) is 0 Å². The molecule has 0 bridgehead atoms. The maximum absolute atomic E-state index is 13.9. The molecule has 0 amide bonds. The van der Waals surface area contributed by atoms with Crippen molar-refractivity contribution in [2.45, 2.75) is 58.8 Å². The molecule has 0 radical (unpaired) electrons. The van der Waals surface area contributed by atoms with Crippen LogP contribution in [0.3, 0.4) is 0 Å². The van der Waals surface area contributed by atoms with E-state index in [0.717, 1.165) is 23.6 Å². The molecule has 37 heavy (non-hydrogen) atoms. The van der Waals surface area contributed by atoms with Gasteiger partial charge in [0.1, 0.15) is 0 Å². The fraction of sp³-hybridized carbons (Fsp3) is 0.517. The van der Waals surface area contributed by atoms with E-state index in [0.29, 0.717) is 37.4 Å². The van der Waals surface area contributed by atoms with E-state index in [1.807, 2.05) is 70.3 Å². The molecule has 6 nitrogen and oxygen atoms in total. The molecule has 0 fully saturated rings. The minimum atomic E-state index is -3.65. The normalized spacial score (nSPS) is 14.5. The van der Waals surface area contributed by atoms with Crippen LogP contribution in [0, 0.1) is 0 Å². The number of benzene rings is 1. The Balaban J connectivity index is 3.21. The van der Waals surface area contributed by atoms with Crippen molar-refractivity contribution in [3.8, 4) is 0 Å². The minimum absolute atomic E-state index is 0.251. The Morgan fingerprint density at radius 2 is 1.84 bits per heavy atom. The standard InChI is InChI=1S/C29H45ClN2O4S/c1-8-26(18-16-24(3)30)13-12-20-31(5)23-27-14-10-11-15-29(27)32(21-22-35-6)37(33,34)28(9-2)19-17-25(4)36-7/h10-18,28H,8-9,19-23H2,1-7H3. The predicted molar refractivity (Wildman–Crippen MR) is 158 cm³/mol. The number of hydrogen-bond acceptors (Lipinski definition) is 5. The maximum Gasteiger partial charge on any atom is 0.238 e. The molecule has 1 unspecified atom stereocenters. The molecule has 0 saturated heterocycles. The van der Waals surface area contributed by atoms with Crippen molar-refractivity contribution in [2.75, 3.05) is 45.3 Å².